The van der Waals surface area contributed by atoms with Gasteiger partial charge in [-0.25, -0.2) is 14.6 Å². The summed E-state index contributed by atoms with van der Waals surface area (Å²) in [6.07, 6.45) is 6.88. The van der Waals surface area contributed by atoms with Gasteiger partial charge in [-0.05, 0) is 100.0 Å². The Morgan fingerprint density at radius 3 is 2.44 bits per heavy atom. The van der Waals surface area contributed by atoms with Crippen molar-refractivity contribution in [2.75, 3.05) is 31.9 Å². The highest BCUT2D eigenvalue weighted by atomic mass is 16.6. The van der Waals surface area contributed by atoms with E-state index in [9.17, 15) is 33.9 Å². The lowest BCUT2D eigenvalue weighted by molar-refractivity contribution is -0.172. The van der Waals surface area contributed by atoms with Gasteiger partial charge in [-0.15, -0.1) is 0 Å². The third-order valence-electron chi connectivity index (χ3n) is 13.6. The summed E-state index contributed by atoms with van der Waals surface area (Å²) in [4.78, 5) is 85.3. The number of amides is 4. The fraction of sp³-hybridized carbons (Fsp3) is 0.457. The molecule has 4 aromatic rings. The Morgan fingerprint density at radius 1 is 0.952 bits per heavy atom. The first-order valence-electron chi connectivity index (χ1n) is 21.8. The lowest BCUT2D eigenvalue weighted by Gasteiger charge is -2.39. The number of hydrogen-bond acceptors (Lipinski definition) is 12. The van der Waals surface area contributed by atoms with Crippen molar-refractivity contribution in [1.29, 1.82) is 0 Å². The Bertz CT molecular complexity index is 2590. The molecule has 16 nitrogen and oxygen atoms in total. The van der Waals surface area contributed by atoms with Gasteiger partial charge < -0.3 is 39.6 Å². The van der Waals surface area contributed by atoms with Crippen LogP contribution in [0.3, 0.4) is 0 Å². The normalized spacial score (nSPS) is 22.3. The van der Waals surface area contributed by atoms with Crippen LogP contribution in [0.1, 0.15) is 103 Å². The summed E-state index contributed by atoms with van der Waals surface area (Å²) in [5, 5.41) is 14.3. The van der Waals surface area contributed by atoms with E-state index in [2.05, 4.69) is 17.1 Å². The number of carbonyl (C=O) groups is 5. The van der Waals surface area contributed by atoms with Gasteiger partial charge >= 0.3 is 12.1 Å². The van der Waals surface area contributed by atoms with Crippen molar-refractivity contribution < 1.29 is 38.6 Å². The van der Waals surface area contributed by atoms with Gasteiger partial charge in [0.25, 0.3) is 11.5 Å². The van der Waals surface area contributed by atoms with Crippen LogP contribution >= 0.6 is 0 Å². The smallest absolute Gasteiger partial charge is 0.415 e. The lowest BCUT2D eigenvalue weighted by atomic mass is 9.86. The molecule has 62 heavy (non-hydrogen) atoms. The number of carbonyl (C=O) groups excluding carboxylic acids is 5. The maximum atomic E-state index is 13.6. The monoisotopic (exact) mass is 845 g/mol. The molecule has 1 unspecified atom stereocenters. The van der Waals surface area contributed by atoms with Crippen molar-refractivity contribution >= 4 is 46.4 Å². The summed E-state index contributed by atoms with van der Waals surface area (Å²) in [6.45, 7) is 7.98. The second-order valence-corrected chi connectivity index (χ2v) is 17.0. The minimum atomic E-state index is -1.86. The van der Waals surface area contributed by atoms with Gasteiger partial charge in [0.2, 0.25) is 11.8 Å². The average molecular weight is 846 g/mol. The lowest BCUT2D eigenvalue weighted by Crippen LogP contribution is -2.52. The number of fused-ring (bicyclic) bond motifs is 6. The predicted octanol–water partition coefficient (Wildman–Crippen LogP) is 4.12. The van der Waals surface area contributed by atoms with E-state index in [1.165, 1.54) is 37.3 Å². The Morgan fingerprint density at radius 2 is 1.73 bits per heavy atom. The molecule has 6 aliphatic rings. The van der Waals surface area contributed by atoms with Gasteiger partial charge in [0, 0.05) is 65.4 Å². The van der Waals surface area contributed by atoms with Gasteiger partial charge in [0.1, 0.15) is 18.4 Å². The number of piperidine rings is 3. The molecule has 0 radical (unpaired) electrons. The quantitative estimate of drug-likeness (QED) is 0.130. The summed E-state index contributed by atoms with van der Waals surface area (Å²) in [6, 6.07) is 12.3. The van der Waals surface area contributed by atoms with Gasteiger partial charge in [-0.2, -0.15) is 0 Å². The van der Waals surface area contributed by atoms with E-state index >= 15 is 0 Å². The molecule has 2 aromatic heterocycles. The van der Waals surface area contributed by atoms with Crippen molar-refractivity contribution in [2.24, 2.45) is 0 Å². The number of esters is 1. The van der Waals surface area contributed by atoms with Crippen LogP contribution in [0, 0.1) is 0 Å². The van der Waals surface area contributed by atoms with E-state index in [0.29, 0.717) is 84.6 Å². The molecule has 16 heteroatoms. The van der Waals surface area contributed by atoms with Gasteiger partial charge in [-0.1, -0.05) is 26.3 Å². The summed E-state index contributed by atoms with van der Waals surface area (Å²) >= 11 is 0. The second-order valence-electron chi connectivity index (χ2n) is 17.0. The summed E-state index contributed by atoms with van der Waals surface area (Å²) in [5.74, 6) is -1.16. The van der Waals surface area contributed by atoms with E-state index in [4.69, 9.17) is 20.2 Å². The predicted molar refractivity (Wildman–Crippen MR) is 227 cm³/mol. The number of likely N-dealkylation sites (tertiary alicyclic amines) is 2. The fourth-order valence-corrected chi connectivity index (χ4v) is 10.1. The number of nitrogens with one attached hydrogen (secondary N) is 1. The fourth-order valence-electron chi connectivity index (χ4n) is 10.1. The molecule has 0 spiro atoms. The number of rotatable bonds is 5. The highest BCUT2D eigenvalue weighted by molar-refractivity contribution is 6.06. The molecule has 3 saturated heterocycles. The Kier molecular flexibility index (Phi) is 10.8. The van der Waals surface area contributed by atoms with Crippen LogP contribution in [0.15, 0.2) is 47.3 Å². The number of anilines is 1. The molecule has 8 heterocycles. The van der Waals surface area contributed by atoms with Crippen molar-refractivity contribution in [2.45, 2.75) is 109 Å². The number of benzene rings is 2. The molecular weight excluding hydrogens is 795 g/mol. The molecule has 0 aliphatic carbocycles. The molecule has 10 rings (SSSR count). The molecule has 4 amide bonds. The average Bonchev–Trinajstić information content (AvgIpc) is 3.82. The number of cyclic esters (lactones) is 1. The highest BCUT2D eigenvalue weighted by Gasteiger charge is 2.46. The molecule has 0 bridgehead atoms. The molecule has 3 fully saturated rings. The maximum Gasteiger partial charge on any atom is 0.415 e. The molecule has 0 saturated carbocycles. The third-order valence-corrected chi connectivity index (χ3v) is 13.6. The first-order chi connectivity index (χ1) is 29.9. The number of nitrogens with two attached hydrogens (primary N) is 1. The Labute approximate surface area is 357 Å². The number of pyridine rings is 2. The molecule has 324 valence electrons. The first-order valence-corrected chi connectivity index (χ1v) is 21.8. The number of aliphatic hydroxyl groups is 1. The number of nitrogen functional groups attached to an aromatic ring is 1. The van der Waals surface area contributed by atoms with Crippen LogP contribution in [-0.2, 0) is 50.8 Å². The zero-order valence-electron chi connectivity index (χ0n) is 35.0. The number of aromatic nitrogens is 2. The van der Waals surface area contributed by atoms with Gasteiger partial charge in [-0.3, -0.25) is 24.5 Å². The van der Waals surface area contributed by atoms with Gasteiger partial charge in [0.05, 0.1) is 29.0 Å². The topological polar surface area (TPSA) is 207 Å². The van der Waals surface area contributed by atoms with Crippen molar-refractivity contribution in [3.63, 3.8) is 0 Å². The van der Waals surface area contributed by atoms with Crippen LogP contribution in [-0.4, -0.2) is 97.4 Å². The van der Waals surface area contributed by atoms with E-state index in [1.807, 2.05) is 17.0 Å². The summed E-state index contributed by atoms with van der Waals surface area (Å²) in [7, 11) is 0. The third kappa shape index (κ3) is 7.08. The Hall–Kier alpha value is -6.13. The zero-order valence-corrected chi connectivity index (χ0v) is 35.0. The van der Waals surface area contributed by atoms with E-state index in [-0.39, 0.29) is 42.9 Å². The van der Waals surface area contributed by atoms with Crippen LogP contribution in [0.4, 0.5) is 10.5 Å². The molecule has 2 aromatic carbocycles. The minimum Gasteiger partial charge on any atom is -0.458 e. The largest absolute Gasteiger partial charge is 0.458 e. The van der Waals surface area contributed by atoms with E-state index in [0.717, 1.165) is 40.4 Å². The van der Waals surface area contributed by atoms with Crippen LogP contribution in [0.2, 0.25) is 0 Å². The maximum absolute atomic E-state index is 13.6. The van der Waals surface area contributed by atoms with Crippen molar-refractivity contribution in [1.82, 2.24) is 29.6 Å². The standard InChI is InChI=1S/C33H38N4O6.C13H13N3O3/c1-3-22-23-16-21(43-32(40)36-14-10-20(11-15-36)35-12-6-5-7-13-35)8-9-27(23)34-29-24(22)18-37-28(29)17-26-25(30(37)38)19-42-31(39)33(26,41)4-2;14-9-3-1-2-7-8(9)6-16(13(7)19)10-4-5-11(17)15-12(10)18/h8-9,16-17,20,41H,3-7,10-15,18-19H2,1-2H3;1-3,10H,4-6,14H2,(H,15,17,18)/t33-;/m0./s1. The minimum absolute atomic E-state index is 0.0951. The molecule has 6 aliphatic heterocycles. The van der Waals surface area contributed by atoms with E-state index in [1.54, 1.807) is 41.8 Å². The van der Waals surface area contributed by atoms with Crippen LogP contribution < -0.4 is 21.3 Å². The summed E-state index contributed by atoms with van der Waals surface area (Å²) in [5.41, 5.74) is 10.1. The molecule has 4 N–H and O–H groups in total. The number of aryl methyl sites for hydroxylation is 1. The number of nitrogens with zero attached hydrogens (tertiary/aromatic N) is 5. The van der Waals surface area contributed by atoms with Gasteiger partial charge in [0.15, 0.2) is 5.60 Å². The molecule has 2 atom stereocenters. The zero-order chi connectivity index (χ0) is 43.4. The highest BCUT2D eigenvalue weighted by Crippen LogP contribution is 2.41. The van der Waals surface area contributed by atoms with E-state index < -0.39 is 23.5 Å². The Balaban J connectivity index is 0.000000215. The van der Waals surface area contributed by atoms with Crippen molar-refractivity contribution in [3.8, 4) is 17.1 Å². The van der Waals surface area contributed by atoms with Crippen molar-refractivity contribution in [3.05, 3.63) is 86.2 Å². The number of ether oxygens (including phenoxy) is 2. The second kappa shape index (κ2) is 16.3. The summed E-state index contributed by atoms with van der Waals surface area (Å²) < 4.78 is 12.7. The first kappa shape index (κ1) is 41.2. The number of hydrogen-bond donors (Lipinski definition) is 3. The SMILES string of the molecule is CCc1c2c(nc3ccc(OC(=O)N4CCC(N5CCCCC5)CC4)cc13)-c1cc3c(c(=O)n1C2)COC(=O)[C@]3(O)CC.Nc1cccc2c1CN(C1CCC(=O)NC1=O)C2=O. The van der Waals surface area contributed by atoms with Crippen LogP contribution in [0.25, 0.3) is 22.3 Å². The molecular formula is C46H51N7O9. The number of imide groups is 1. The van der Waals surface area contributed by atoms with Crippen LogP contribution in [0.5, 0.6) is 5.75 Å².